The summed E-state index contributed by atoms with van der Waals surface area (Å²) in [6.45, 7) is 5.59. The van der Waals surface area contributed by atoms with E-state index in [1.54, 1.807) is 19.1 Å². The van der Waals surface area contributed by atoms with Crippen LogP contribution in [0.3, 0.4) is 0 Å². The van der Waals surface area contributed by atoms with Gasteiger partial charge >= 0.3 is 0 Å². The Bertz CT molecular complexity index is 812. The number of hydrogen-bond donors (Lipinski definition) is 1. The van der Waals surface area contributed by atoms with Crippen molar-refractivity contribution in [2.75, 3.05) is 6.61 Å². The minimum Gasteiger partial charge on any atom is -0.484 e. The molecule has 2 amide bonds. The molecule has 0 saturated heterocycles. The number of benzene rings is 2. The summed E-state index contributed by atoms with van der Waals surface area (Å²) in [5.74, 6) is 0.125. The Balaban J connectivity index is 2.14. The number of nitrogens with one attached hydrogen (secondary N) is 1. The molecule has 1 unspecified atom stereocenters. The molecular formula is C21H24ClIN2O3. The van der Waals surface area contributed by atoms with E-state index in [2.05, 4.69) is 27.9 Å². The smallest absolute Gasteiger partial charge is 0.261 e. The average molecular weight is 515 g/mol. The van der Waals surface area contributed by atoms with Crippen LogP contribution >= 0.6 is 34.2 Å². The van der Waals surface area contributed by atoms with Gasteiger partial charge in [-0.25, -0.2) is 0 Å². The van der Waals surface area contributed by atoms with E-state index in [4.69, 9.17) is 16.3 Å². The maximum atomic E-state index is 12.9. The number of ether oxygens (including phenoxy) is 1. The van der Waals surface area contributed by atoms with Crippen molar-refractivity contribution in [2.24, 2.45) is 0 Å². The molecule has 0 aliphatic carbocycles. The van der Waals surface area contributed by atoms with Gasteiger partial charge in [0.25, 0.3) is 5.91 Å². The molecule has 2 aromatic carbocycles. The van der Waals surface area contributed by atoms with Crippen LogP contribution in [0.1, 0.15) is 26.3 Å². The highest BCUT2D eigenvalue weighted by Gasteiger charge is 2.26. The lowest BCUT2D eigenvalue weighted by Gasteiger charge is -2.29. The van der Waals surface area contributed by atoms with Gasteiger partial charge in [0.05, 0.1) is 0 Å². The quantitative estimate of drug-likeness (QED) is 0.536. The molecule has 0 radical (unpaired) electrons. The van der Waals surface area contributed by atoms with Gasteiger partial charge in [-0.15, -0.1) is 0 Å². The van der Waals surface area contributed by atoms with Crippen molar-refractivity contribution in [2.45, 2.75) is 39.4 Å². The Hall–Kier alpha value is -1.80. The average Bonchev–Trinajstić information content (AvgIpc) is 2.64. The summed E-state index contributed by atoms with van der Waals surface area (Å²) in [5, 5.41) is 3.44. The van der Waals surface area contributed by atoms with Gasteiger partial charge in [0.1, 0.15) is 11.8 Å². The normalized spacial score (nSPS) is 11.8. The van der Waals surface area contributed by atoms with Crippen LogP contribution in [-0.2, 0) is 16.1 Å². The number of halogens is 2. The van der Waals surface area contributed by atoms with Crippen LogP contribution in [0.2, 0.25) is 5.02 Å². The molecule has 0 aliphatic heterocycles. The van der Waals surface area contributed by atoms with Gasteiger partial charge in [0.2, 0.25) is 5.91 Å². The molecule has 0 saturated carbocycles. The first-order chi connectivity index (χ1) is 13.3. The topological polar surface area (TPSA) is 58.6 Å². The molecule has 2 aromatic rings. The van der Waals surface area contributed by atoms with Crippen molar-refractivity contribution >= 4 is 46.0 Å². The van der Waals surface area contributed by atoms with Crippen molar-refractivity contribution in [1.29, 1.82) is 0 Å². The predicted octanol–water partition coefficient (Wildman–Crippen LogP) is 4.27. The van der Waals surface area contributed by atoms with Crippen LogP contribution in [0.25, 0.3) is 0 Å². The first kappa shape index (κ1) is 22.5. The first-order valence-corrected chi connectivity index (χ1v) is 10.4. The largest absolute Gasteiger partial charge is 0.484 e. The van der Waals surface area contributed by atoms with E-state index in [0.29, 0.717) is 10.8 Å². The molecule has 150 valence electrons. The van der Waals surface area contributed by atoms with E-state index < -0.39 is 6.04 Å². The highest BCUT2D eigenvalue weighted by molar-refractivity contribution is 14.1. The van der Waals surface area contributed by atoms with Crippen molar-refractivity contribution in [3.05, 3.63) is 62.7 Å². The van der Waals surface area contributed by atoms with Gasteiger partial charge in [-0.3, -0.25) is 9.59 Å². The zero-order valence-corrected chi connectivity index (χ0v) is 19.0. The van der Waals surface area contributed by atoms with E-state index >= 15 is 0 Å². The van der Waals surface area contributed by atoms with Gasteiger partial charge in [-0.05, 0) is 85.3 Å². The second kappa shape index (κ2) is 10.7. The lowest BCUT2D eigenvalue weighted by Crippen LogP contribution is -2.50. The van der Waals surface area contributed by atoms with Crippen molar-refractivity contribution < 1.29 is 14.3 Å². The standard InChI is InChI=1S/C21H24ClIN2O3/c1-14(2)24-21(27)15(3)25(12-16-5-4-6-17(22)11-16)20(26)13-28-19-9-7-18(23)8-10-19/h4-11,14-15H,12-13H2,1-3H3,(H,24,27). The molecule has 0 bridgehead atoms. The second-order valence-corrected chi connectivity index (χ2v) is 8.42. The molecule has 1 atom stereocenters. The van der Waals surface area contributed by atoms with Crippen LogP contribution in [0, 0.1) is 3.57 Å². The molecular weight excluding hydrogens is 491 g/mol. The fourth-order valence-corrected chi connectivity index (χ4v) is 3.15. The zero-order valence-electron chi connectivity index (χ0n) is 16.1. The molecule has 7 heteroatoms. The SMILES string of the molecule is CC(C)NC(=O)C(C)N(Cc1cccc(Cl)c1)C(=O)COc1ccc(I)cc1. The summed E-state index contributed by atoms with van der Waals surface area (Å²) in [6.07, 6.45) is 0. The first-order valence-electron chi connectivity index (χ1n) is 8.99. The second-order valence-electron chi connectivity index (χ2n) is 6.73. The molecule has 0 aliphatic rings. The molecule has 0 fully saturated rings. The summed E-state index contributed by atoms with van der Waals surface area (Å²) in [5.41, 5.74) is 0.847. The van der Waals surface area contributed by atoms with Gasteiger partial charge in [0, 0.05) is 21.2 Å². The minimum absolute atomic E-state index is 0.0129. The summed E-state index contributed by atoms with van der Waals surface area (Å²) in [7, 11) is 0. The van der Waals surface area contributed by atoms with Crippen molar-refractivity contribution in [3.63, 3.8) is 0 Å². The number of hydrogen-bond acceptors (Lipinski definition) is 3. The van der Waals surface area contributed by atoms with Crippen LogP contribution < -0.4 is 10.1 Å². The minimum atomic E-state index is -0.644. The third kappa shape index (κ3) is 6.98. The molecule has 0 heterocycles. The van der Waals surface area contributed by atoms with Crippen LogP contribution in [0.4, 0.5) is 0 Å². The molecule has 0 aromatic heterocycles. The van der Waals surface area contributed by atoms with E-state index in [1.807, 2.05) is 50.2 Å². The molecule has 0 spiro atoms. The van der Waals surface area contributed by atoms with Gasteiger partial charge in [-0.1, -0.05) is 23.7 Å². The van der Waals surface area contributed by atoms with Gasteiger partial charge in [-0.2, -0.15) is 0 Å². The van der Waals surface area contributed by atoms with E-state index in [-0.39, 0.29) is 31.0 Å². The maximum absolute atomic E-state index is 12.9. The summed E-state index contributed by atoms with van der Waals surface area (Å²) < 4.78 is 6.71. The van der Waals surface area contributed by atoms with E-state index in [1.165, 1.54) is 4.90 Å². The molecule has 2 rings (SSSR count). The van der Waals surface area contributed by atoms with E-state index in [0.717, 1.165) is 9.13 Å². The number of amides is 2. The fourth-order valence-electron chi connectivity index (χ4n) is 2.58. The Morgan fingerprint density at radius 1 is 1.14 bits per heavy atom. The highest BCUT2D eigenvalue weighted by atomic mass is 127. The Kier molecular flexibility index (Phi) is 8.57. The van der Waals surface area contributed by atoms with E-state index in [9.17, 15) is 9.59 Å². The predicted molar refractivity (Wildman–Crippen MR) is 119 cm³/mol. The van der Waals surface area contributed by atoms with Crippen LogP contribution in [0.5, 0.6) is 5.75 Å². The van der Waals surface area contributed by atoms with Crippen LogP contribution in [0.15, 0.2) is 48.5 Å². The summed E-state index contributed by atoms with van der Waals surface area (Å²) in [6, 6.07) is 14.0. The lowest BCUT2D eigenvalue weighted by molar-refractivity contribution is -0.142. The molecule has 5 nitrogen and oxygen atoms in total. The lowest BCUT2D eigenvalue weighted by atomic mass is 10.1. The number of carbonyl (C=O) groups is 2. The van der Waals surface area contributed by atoms with Gasteiger partial charge < -0.3 is 15.0 Å². The number of nitrogens with zero attached hydrogens (tertiary/aromatic N) is 1. The van der Waals surface area contributed by atoms with Crippen molar-refractivity contribution in [3.8, 4) is 5.75 Å². The summed E-state index contributed by atoms with van der Waals surface area (Å²) in [4.78, 5) is 26.9. The Morgan fingerprint density at radius 3 is 2.43 bits per heavy atom. The summed E-state index contributed by atoms with van der Waals surface area (Å²) >= 11 is 8.27. The molecule has 28 heavy (non-hydrogen) atoms. The fraction of sp³-hybridized carbons (Fsp3) is 0.333. The monoisotopic (exact) mass is 514 g/mol. The third-order valence-electron chi connectivity index (χ3n) is 4.02. The molecule has 1 N–H and O–H groups in total. The Morgan fingerprint density at radius 2 is 1.82 bits per heavy atom. The third-order valence-corrected chi connectivity index (χ3v) is 4.97. The maximum Gasteiger partial charge on any atom is 0.261 e. The number of rotatable bonds is 8. The number of carbonyl (C=O) groups excluding carboxylic acids is 2. The highest BCUT2D eigenvalue weighted by Crippen LogP contribution is 2.17. The zero-order chi connectivity index (χ0) is 20.7. The van der Waals surface area contributed by atoms with Gasteiger partial charge in [0.15, 0.2) is 6.61 Å². The Labute approximate surface area is 184 Å². The van der Waals surface area contributed by atoms with Crippen molar-refractivity contribution in [1.82, 2.24) is 10.2 Å². The van der Waals surface area contributed by atoms with Crippen LogP contribution in [-0.4, -0.2) is 35.4 Å².